The van der Waals surface area contributed by atoms with Gasteiger partial charge in [0.15, 0.2) is 0 Å². The molecule has 0 aromatic rings. The zero-order valence-electron chi connectivity index (χ0n) is 12.3. The van der Waals surface area contributed by atoms with Crippen molar-refractivity contribution in [3.63, 3.8) is 0 Å². The lowest BCUT2D eigenvalue weighted by Crippen LogP contribution is -2.69. The van der Waals surface area contributed by atoms with Gasteiger partial charge in [-0.05, 0) is 26.2 Å². The first-order chi connectivity index (χ1) is 8.05. The molecule has 3 nitrogen and oxygen atoms in total. The maximum absolute atomic E-state index is 5.26. The van der Waals surface area contributed by atoms with Crippen molar-refractivity contribution in [3.05, 3.63) is 0 Å². The Labute approximate surface area is 107 Å². The highest BCUT2D eigenvalue weighted by atomic mass is 16.5. The highest BCUT2D eigenvalue weighted by Crippen LogP contribution is 2.29. The van der Waals surface area contributed by atoms with Gasteiger partial charge in [-0.25, -0.2) is 0 Å². The van der Waals surface area contributed by atoms with E-state index in [1.54, 1.807) is 7.11 Å². The van der Waals surface area contributed by atoms with Crippen LogP contribution in [0, 0.1) is 0 Å². The van der Waals surface area contributed by atoms with E-state index in [-0.39, 0.29) is 5.54 Å². The Morgan fingerprint density at radius 3 is 2.29 bits per heavy atom. The second kappa shape index (κ2) is 6.17. The van der Waals surface area contributed by atoms with E-state index < -0.39 is 0 Å². The molecule has 0 spiro atoms. The number of hydrogen-bond donors (Lipinski definition) is 1. The van der Waals surface area contributed by atoms with Crippen LogP contribution in [0.3, 0.4) is 0 Å². The van der Waals surface area contributed by atoms with Gasteiger partial charge in [0, 0.05) is 37.8 Å². The molecule has 0 aromatic heterocycles. The van der Waals surface area contributed by atoms with E-state index in [9.17, 15) is 0 Å². The van der Waals surface area contributed by atoms with Gasteiger partial charge >= 0.3 is 0 Å². The number of piperazine rings is 1. The third-order valence-corrected chi connectivity index (χ3v) is 4.78. The van der Waals surface area contributed by atoms with Crippen molar-refractivity contribution in [1.82, 2.24) is 10.2 Å². The first kappa shape index (κ1) is 14.9. The first-order valence-corrected chi connectivity index (χ1v) is 7.05. The smallest absolute Gasteiger partial charge is 0.0589 e. The maximum Gasteiger partial charge on any atom is 0.0589 e. The fourth-order valence-electron chi connectivity index (χ4n) is 2.72. The summed E-state index contributed by atoms with van der Waals surface area (Å²) in [5.74, 6) is 0. The second-order valence-corrected chi connectivity index (χ2v) is 5.61. The summed E-state index contributed by atoms with van der Waals surface area (Å²) in [5, 5.41) is 3.80. The highest BCUT2D eigenvalue weighted by molar-refractivity contribution is 5.02. The average molecular weight is 242 g/mol. The van der Waals surface area contributed by atoms with Gasteiger partial charge in [-0.1, -0.05) is 20.8 Å². The van der Waals surface area contributed by atoms with Crippen molar-refractivity contribution >= 4 is 0 Å². The summed E-state index contributed by atoms with van der Waals surface area (Å²) in [6.45, 7) is 13.3. The minimum atomic E-state index is 0.284. The Hall–Kier alpha value is -0.120. The number of ether oxygens (including phenoxy) is 1. The molecular formula is C14H30N2O. The van der Waals surface area contributed by atoms with Crippen LogP contribution in [0.5, 0.6) is 0 Å². The van der Waals surface area contributed by atoms with Crippen LogP contribution < -0.4 is 5.32 Å². The van der Waals surface area contributed by atoms with Gasteiger partial charge in [-0.2, -0.15) is 0 Å². The lowest BCUT2D eigenvalue weighted by atomic mass is 9.83. The van der Waals surface area contributed by atoms with Crippen LogP contribution in [-0.4, -0.2) is 49.3 Å². The van der Waals surface area contributed by atoms with Gasteiger partial charge in [-0.3, -0.25) is 4.90 Å². The van der Waals surface area contributed by atoms with Gasteiger partial charge in [0.05, 0.1) is 6.61 Å². The fourth-order valence-corrected chi connectivity index (χ4v) is 2.72. The molecule has 1 unspecified atom stereocenters. The second-order valence-electron chi connectivity index (χ2n) is 5.61. The summed E-state index contributed by atoms with van der Waals surface area (Å²) in [6.07, 6.45) is 3.59. The molecule has 1 saturated heterocycles. The minimum Gasteiger partial charge on any atom is -0.383 e. The number of nitrogens with zero attached hydrogens (tertiary/aromatic N) is 1. The molecule has 0 aromatic carbocycles. The lowest BCUT2D eigenvalue weighted by molar-refractivity contribution is -0.00585. The van der Waals surface area contributed by atoms with E-state index in [0.717, 1.165) is 26.2 Å². The molecule has 0 aliphatic carbocycles. The molecule has 0 amide bonds. The summed E-state index contributed by atoms with van der Waals surface area (Å²) in [6, 6.07) is 0. The monoisotopic (exact) mass is 242 g/mol. The van der Waals surface area contributed by atoms with E-state index in [2.05, 4.69) is 37.9 Å². The Bertz CT molecular complexity index is 228. The Morgan fingerprint density at radius 1 is 1.18 bits per heavy atom. The normalized spacial score (nSPS) is 29.5. The number of methoxy groups -OCH3 is 1. The van der Waals surface area contributed by atoms with Crippen LogP contribution in [0.1, 0.15) is 47.0 Å². The Morgan fingerprint density at radius 2 is 1.82 bits per heavy atom. The molecule has 17 heavy (non-hydrogen) atoms. The molecule has 0 bridgehead atoms. The van der Waals surface area contributed by atoms with E-state index in [4.69, 9.17) is 4.74 Å². The van der Waals surface area contributed by atoms with E-state index in [1.807, 2.05) is 0 Å². The third kappa shape index (κ3) is 3.21. The molecule has 1 atom stereocenters. The topological polar surface area (TPSA) is 24.5 Å². The highest BCUT2D eigenvalue weighted by Gasteiger charge is 2.41. The average Bonchev–Trinajstić information content (AvgIpc) is 2.38. The zero-order chi connectivity index (χ0) is 12.9. The zero-order valence-corrected chi connectivity index (χ0v) is 12.3. The van der Waals surface area contributed by atoms with Crippen LogP contribution in [-0.2, 0) is 4.74 Å². The standard InChI is InChI=1S/C14H30N2O/c1-6-13(4)11-15-14(7-2,8-3)12-16(13)9-10-17-5/h15H,6-12H2,1-5H3. The molecule has 102 valence electrons. The first-order valence-electron chi connectivity index (χ1n) is 7.05. The molecule has 3 heteroatoms. The van der Waals surface area contributed by atoms with E-state index in [1.165, 1.54) is 19.3 Å². The van der Waals surface area contributed by atoms with Crippen molar-refractivity contribution in [2.24, 2.45) is 0 Å². The fraction of sp³-hybridized carbons (Fsp3) is 1.00. The minimum absolute atomic E-state index is 0.284. The van der Waals surface area contributed by atoms with Crippen molar-refractivity contribution < 1.29 is 4.74 Å². The molecule has 1 fully saturated rings. The van der Waals surface area contributed by atoms with E-state index in [0.29, 0.717) is 5.54 Å². The molecule has 1 rings (SSSR count). The summed E-state index contributed by atoms with van der Waals surface area (Å²) in [4.78, 5) is 2.62. The molecule has 0 radical (unpaired) electrons. The van der Waals surface area contributed by atoms with Crippen molar-refractivity contribution in [1.29, 1.82) is 0 Å². The SMILES string of the molecule is CCC1(CC)CN(CCOC)C(C)(CC)CN1. The summed E-state index contributed by atoms with van der Waals surface area (Å²) in [7, 11) is 1.79. The van der Waals surface area contributed by atoms with Crippen molar-refractivity contribution in [2.75, 3.05) is 33.4 Å². The van der Waals surface area contributed by atoms with Crippen LogP contribution in [0.25, 0.3) is 0 Å². The van der Waals surface area contributed by atoms with Crippen LogP contribution >= 0.6 is 0 Å². The molecule has 1 aliphatic rings. The summed E-state index contributed by atoms with van der Waals surface area (Å²) in [5.41, 5.74) is 0.592. The van der Waals surface area contributed by atoms with E-state index >= 15 is 0 Å². The molecule has 1 heterocycles. The number of hydrogen-bond acceptors (Lipinski definition) is 3. The van der Waals surface area contributed by atoms with Crippen LogP contribution in [0.2, 0.25) is 0 Å². The van der Waals surface area contributed by atoms with Gasteiger partial charge in [0.2, 0.25) is 0 Å². The largest absolute Gasteiger partial charge is 0.383 e. The molecular weight excluding hydrogens is 212 g/mol. The predicted octanol–water partition coefficient (Wildman–Crippen LogP) is 2.27. The molecule has 1 N–H and O–H groups in total. The maximum atomic E-state index is 5.26. The van der Waals surface area contributed by atoms with Crippen molar-refractivity contribution in [2.45, 2.75) is 58.0 Å². The van der Waals surface area contributed by atoms with Crippen LogP contribution in [0.15, 0.2) is 0 Å². The summed E-state index contributed by atoms with van der Waals surface area (Å²) >= 11 is 0. The lowest BCUT2D eigenvalue weighted by Gasteiger charge is -2.53. The number of nitrogens with one attached hydrogen (secondary N) is 1. The third-order valence-electron chi connectivity index (χ3n) is 4.78. The Kier molecular flexibility index (Phi) is 5.42. The van der Waals surface area contributed by atoms with Gasteiger partial charge < -0.3 is 10.1 Å². The number of rotatable bonds is 6. The molecule has 1 aliphatic heterocycles. The van der Waals surface area contributed by atoms with Crippen molar-refractivity contribution in [3.8, 4) is 0 Å². The quantitative estimate of drug-likeness (QED) is 0.773. The van der Waals surface area contributed by atoms with Gasteiger partial charge in [0.25, 0.3) is 0 Å². The molecule has 0 saturated carbocycles. The Balaban J connectivity index is 2.75. The predicted molar refractivity (Wildman–Crippen MR) is 73.5 cm³/mol. The van der Waals surface area contributed by atoms with Gasteiger partial charge in [-0.15, -0.1) is 0 Å². The van der Waals surface area contributed by atoms with Gasteiger partial charge in [0.1, 0.15) is 0 Å². The summed E-state index contributed by atoms with van der Waals surface area (Å²) < 4.78 is 5.26. The van der Waals surface area contributed by atoms with Crippen LogP contribution in [0.4, 0.5) is 0 Å².